The highest BCUT2D eigenvalue weighted by molar-refractivity contribution is 9.10. The Morgan fingerprint density at radius 1 is 1.31 bits per heavy atom. The van der Waals surface area contributed by atoms with E-state index in [0.29, 0.717) is 6.42 Å². The van der Waals surface area contributed by atoms with Crippen molar-refractivity contribution in [2.24, 2.45) is 0 Å². The molecule has 1 aromatic carbocycles. The number of alkyl halides is 1. The molecular weight excluding hydrogens is 336 g/mol. The Kier molecular flexibility index (Phi) is 6.06. The summed E-state index contributed by atoms with van der Waals surface area (Å²) in [6.45, 7) is 0. The van der Waals surface area contributed by atoms with Gasteiger partial charge in [0, 0.05) is 9.80 Å². The lowest BCUT2D eigenvalue weighted by molar-refractivity contribution is -0.139. The molecular formula is C12H14Br2O2. The maximum absolute atomic E-state index is 11.2. The van der Waals surface area contributed by atoms with Crippen molar-refractivity contribution in [2.75, 3.05) is 12.4 Å². The lowest BCUT2D eigenvalue weighted by atomic mass is 10.1. The summed E-state index contributed by atoms with van der Waals surface area (Å²) < 4.78 is 5.67. The van der Waals surface area contributed by atoms with Gasteiger partial charge in [-0.15, -0.1) is 0 Å². The van der Waals surface area contributed by atoms with Crippen LogP contribution in [-0.2, 0) is 22.4 Å². The Labute approximate surface area is 113 Å². The van der Waals surface area contributed by atoms with E-state index in [1.54, 1.807) is 0 Å². The van der Waals surface area contributed by atoms with Crippen molar-refractivity contribution in [2.45, 2.75) is 19.3 Å². The van der Waals surface area contributed by atoms with Crippen LogP contribution < -0.4 is 0 Å². The van der Waals surface area contributed by atoms with Gasteiger partial charge in [0.1, 0.15) is 0 Å². The minimum Gasteiger partial charge on any atom is -0.469 e. The van der Waals surface area contributed by atoms with Gasteiger partial charge < -0.3 is 4.74 Å². The number of benzene rings is 1. The number of carbonyl (C=O) groups is 1. The van der Waals surface area contributed by atoms with Crippen LogP contribution in [0.1, 0.15) is 17.5 Å². The van der Waals surface area contributed by atoms with Gasteiger partial charge in [-0.05, 0) is 36.1 Å². The molecule has 0 bridgehead atoms. The first-order valence-corrected chi connectivity index (χ1v) is 6.98. The Hall–Kier alpha value is -0.350. The highest BCUT2D eigenvalue weighted by Gasteiger charge is 2.05. The molecule has 0 radical (unpaired) electrons. The molecule has 0 saturated carbocycles. The lowest BCUT2D eigenvalue weighted by Crippen LogP contribution is -2.05. The van der Waals surface area contributed by atoms with Crippen molar-refractivity contribution < 1.29 is 9.53 Å². The maximum Gasteiger partial charge on any atom is 0.309 e. The van der Waals surface area contributed by atoms with Crippen LogP contribution >= 0.6 is 31.9 Å². The van der Waals surface area contributed by atoms with E-state index in [1.807, 2.05) is 6.07 Å². The number of hydrogen-bond acceptors (Lipinski definition) is 2. The van der Waals surface area contributed by atoms with Crippen LogP contribution in [0.5, 0.6) is 0 Å². The number of rotatable bonds is 5. The summed E-state index contributed by atoms with van der Waals surface area (Å²) in [6, 6.07) is 6.10. The van der Waals surface area contributed by atoms with Gasteiger partial charge >= 0.3 is 5.97 Å². The van der Waals surface area contributed by atoms with Crippen LogP contribution in [0.4, 0.5) is 0 Å². The van der Waals surface area contributed by atoms with E-state index in [9.17, 15) is 4.79 Å². The summed E-state index contributed by atoms with van der Waals surface area (Å²) in [4.78, 5) is 11.2. The summed E-state index contributed by atoms with van der Waals surface area (Å²) in [5, 5.41) is 0.992. The largest absolute Gasteiger partial charge is 0.469 e. The molecule has 0 aliphatic heterocycles. The number of aryl methyl sites for hydroxylation is 1. The normalized spacial score (nSPS) is 10.2. The van der Waals surface area contributed by atoms with Gasteiger partial charge in [-0.2, -0.15) is 0 Å². The number of carbonyl (C=O) groups excluding carboxylic acids is 1. The molecule has 0 saturated heterocycles. The monoisotopic (exact) mass is 348 g/mol. The molecule has 4 heteroatoms. The summed E-state index contributed by atoms with van der Waals surface area (Å²) in [7, 11) is 1.41. The summed E-state index contributed by atoms with van der Waals surface area (Å²) in [5.41, 5.74) is 2.23. The molecule has 16 heavy (non-hydrogen) atoms. The molecule has 0 unspecified atom stereocenters. The predicted octanol–water partition coefficient (Wildman–Crippen LogP) is 3.49. The van der Waals surface area contributed by atoms with Gasteiger partial charge in [0.25, 0.3) is 0 Å². The van der Waals surface area contributed by atoms with Crippen LogP contribution in [-0.4, -0.2) is 18.4 Å². The third-order valence-corrected chi connectivity index (χ3v) is 3.21. The third-order valence-electron chi connectivity index (χ3n) is 2.19. The van der Waals surface area contributed by atoms with Gasteiger partial charge in [0.15, 0.2) is 0 Å². The van der Waals surface area contributed by atoms with Crippen LogP contribution in [0.2, 0.25) is 0 Å². The quantitative estimate of drug-likeness (QED) is 0.600. The van der Waals surface area contributed by atoms with Crippen molar-refractivity contribution >= 4 is 37.8 Å². The number of esters is 1. The fourth-order valence-corrected chi connectivity index (χ4v) is 2.34. The molecule has 0 aliphatic carbocycles. The Bertz CT molecular complexity index is 364. The molecule has 1 aromatic rings. The Morgan fingerprint density at radius 3 is 2.62 bits per heavy atom. The standard InChI is InChI=1S/C12H14Br2O2/c1-16-12(15)8-10-5-9(3-2-4-13)6-11(14)7-10/h5-7H,2-4,8H2,1H3. The Morgan fingerprint density at radius 2 is 2.00 bits per heavy atom. The first-order valence-electron chi connectivity index (χ1n) is 5.07. The van der Waals surface area contributed by atoms with Crippen molar-refractivity contribution in [1.82, 2.24) is 0 Å². The van der Waals surface area contributed by atoms with E-state index in [0.717, 1.165) is 28.2 Å². The van der Waals surface area contributed by atoms with Crippen LogP contribution in [0.25, 0.3) is 0 Å². The second kappa shape index (κ2) is 7.07. The first kappa shape index (κ1) is 13.7. The van der Waals surface area contributed by atoms with E-state index in [4.69, 9.17) is 0 Å². The van der Waals surface area contributed by atoms with Crippen molar-refractivity contribution in [1.29, 1.82) is 0 Å². The minimum absolute atomic E-state index is 0.204. The van der Waals surface area contributed by atoms with Gasteiger partial charge in [-0.25, -0.2) is 0 Å². The highest BCUT2D eigenvalue weighted by atomic mass is 79.9. The summed E-state index contributed by atoms with van der Waals surface area (Å²) in [5.74, 6) is -0.204. The Balaban J connectivity index is 2.77. The number of methoxy groups -OCH3 is 1. The van der Waals surface area contributed by atoms with E-state index in [-0.39, 0.29) is 5.97 Å². The van der Waals surface area contributed by atoms with Gasteiger partial charge in [0.05, 0.1) is 13.5 Å². The lowest BCUT2D eigenvalue weighted by Gasteiger charge is -2.05. The fraction of sp³-hybridized carbons (Fsp3) is 0.417. The molecule has 88 valence electrons. The molecule has 0 aliphatic rings. The van der Waals surface area contributed by atoms with E-state index >= 15 is 0 Å². The molecule has 2 nitrogen and oxygen atoms in total. The molecule has 0 aromatic heterocycles. The molecule has 0 amide bonds. The molecule has 0 atom stereocenters. The summed E-state index contributed by atoms with van der Waals surface area (Å²) >= 11 is 6.86. The van der Waals surface area contributed by atoms with Crippen LogP contribution in [0.3, 0.4) is 0 Å². The zero-order valence-electron chi connectivity index (χ0n) is 9.13. The van der Waals surface area contributed by atoms with E-state index < -0.39 is 0 Å². The van der Waals surface area contributed by atoms with Gasteiger partial charge in [-0.1, -0.05) is 37.9 Å². The van der Waals surface area contributed by atoms with Crippen molar-refractivity contribution in [3.63, 3.8) is 0 Å². The smallest absolute Gasteiger partial charge is 0.309 e. The van der Waals surface area contributed by atoms with Crippen molar-refractivity contribution in [3.8, 4) is 0 Å². The first-order chi connectivity index (χ1) is 7.65. The maximum atomic E-state index is 11.2. The topological polar surface area (TPSA) is 26.3 Å². The SMILES string of the molecule is COC(=O)Cc1cc(Br)cc(CCCBr)c1. The van der Waals surface area contributed by atoms with Crippen LogP contribution in [0.15, 0.2) is 22.7 Å². The molecule has 0 fully saturated rings. The fourth-order valence-electron chi connectivity index (χ4n) is 1.47. The molecule has 0 N–H and O–H groups in total. The van der Waals surface area contributed by atoms with E-state index in [1.165, 1.54) is 12.7 Å². The zero-order chi connectivity index (χ0) is 12.0. The third kappa shape index (κ3) is 4.66. The molecule has 1 rings (SSSR count). The van der Waals surface area contributed by atoms with Crippen molar-refractivity contribution in [3.05, 3.63) is 33.8 Å². The average molecular weight is 350 g/mol. The zero-order valence-corrected chi connectivity index (χ0v) is 12.3. The molecule has 0 heterocycles. The summed E-state index contributed by atoms with van der Waals surface area (Å²) in [6.07, 6.45) is 2.43. The molecule has 0 spiro atoms. The number of hydrogen-bond donors (Lipinski definition) is 0. The second-order valence-corrected chi connectivity index (χ2v) is 5.22. The van der Waals surface area contributed by atoms with Crippen LogP contribution in [0, 0.1) is 0 Å². The number of halogens is 2. The highest BCUT2D eigenvalue weighted by Crippen LogP contribution is 2.18. The van der Waals surface area contributed by atoms with Gasteiger partial charge in [0.2, 0.25) is 0 Å². The minimum atomic E-state index is -0.204. The second-order valence-electron chi connectivity index (χ2n) is 3.51. The van der Waals surface area contributed by atoms with Gasteiger partial charge in [-0.3, -0.25) is 4.79 Å². The van der Waals surface area contributed by atoms with E-state index in [2.05, 4.69) is 48.7 Å². The predicted molar refractivity (Wildman–Crippen MR) is 72.0 cm³/mol. The average Bonchev–Trinajstić information content (AvgIpc) is 2.25. The number of ether oxygens (including phenoxy) is 1.